The van der Waals surface area contributed by atoms with Crippen LogP contribution in [0.2, 0.25) is 0 Å². The van der Waals surface area contributed by atoms with Gasteiger partial charge in [-0.1, -0.05) is 150 Å². The van der Waals surface area contributed by atoms with Gasteiger partial charge in [-0.15, -0.1) is 0 Å². The molecule has 0 fully saturated rings. The third-order valence-corrected chi connectivity index (χ3v) is 9.97. The summed E-state index contributed by atoms with van der Waals surface area (Å²) in [6.07, 6.45) is 0. The fourth-order valence-electron chi connectivity index (χ4n) is 6.94. The molecule has 0 aliphatic carbocycles. The Hall–Kier alpha value is -4.82. The summed E-state index contributed by atoms with van der Waals surface area (Å²) < 4.78 is 0. The molecule has 0 saturated heterocycles. The summed E-state index contributed by atoms with van der Waals surface area (Å²) in [5.41, 5.74) is 14.9. The second-order valence-corrected chi connectivity index (χ2v) is 13.3. The predicted molar refractivity (Wildman–Crippen MR) is 187 cm³/mol. The molecule has 0 radical (unpaired) electrons. The molecule has 0 unspecified atom stereocenters. The Morgan fingerprint density at radius 1 is 0.432 bits per heavy atom. The van der Waals surface area contributed by atoms with Gasteiger partial charge in [0.1, 0.15) is 0 Å². The maximum Gasteiger partial charge on any atom is 0.0478 e. The minimum absolute atomic E-state index is 0.0506. The highest BCUT2D eigenvalue weighted by atomic mass is 15.2. The van der Waals surface area contributed by atoms with Gasteiger partial charge in [0, 0.05) is 46.7 Å². The average molecular weight is 573 g/mol. The van der Waals surface area contributed by atoms with Gasteiger partial charge in [0.2, 0.25) is 0 Å². The van der Waals surface area contributed by atoms with Crippen molar-refractivity contribution >= 4 is 11.4 Å². The first-order chi connectivity index (χ1) is 21.1. The van der Waals surface area contributed by atoms with E-state index in [1.165, 1.54) is 55.9 Å². The van der Waals surface area contributed by atoms with Crippen LogP contribution >= 0.6 is 0 Å². The van der Waals surface area contributed by atoms with Crippen molar-refractivity contribution in [1.82, 2.24) is 0 Å². The maximum absolute atomic E-state index is 4.46. The molecule has 2 heterocycles. The zero-order valence-electron chi connectivity index (χ0n) is 26.3. The molecule has 5 aromatic carbocycles. The van der Waals surface area contributed by atoms with Crippen molar-refractivity contribution in [2.24, 2.45) is 0 Å². The van der Waals surface area contributed by atoms with Crippen LogP contribution in [0.1, 0.15) is 49.9 Å². The molecule has 0 bridgehead atoms. The third kappa shape index (κ3) is 4.57. The van der Waals surface area contributed by atoms with Crippen molar-refractivity contribution in [2.75, 3.05) is 9.80 Å². The van der Waals surface area contributed by atoms with Gasteiger partial charge in [0.05, 0.1) is 0 Å². The van der Waals surface area contributed by atoms with E-state index < -0.39 is 0 Å². The molecule has 0 N–H and O–H groups in total. The molecule has 2 aliphatic heterocycles. The monoisotopic (exact) mass is 572 g/mol. The molecule has 0 aromatic heterocycles. The molecule has 2 nitrogen and oxygen atoms in total. The zero-order valence-corrected chi connectivity index (χ0v) is 26.3. The first-order valence-corrected chi connectivity index (χ1v) is 15.6. The van der Waals surface area contributed by atoms with E-state index in [4.69, 9.17) is 0 Å². The number of nitrogens with zero attached hydrogens (tertiary/aromatic N) is 2. The molecule has 0 atom stereocenters. The summed E-state index contributed by atoms with van der Waals surface area (Å²) in [5, 5.41) is 0. The average Bonchev–Trinajstić information content (AvgIpc) is 3.36. The van der Waals surface area contributed by atoms with Crippen LogP contribution in [0.4, 0.5) is 11.4 Å². The van der Waals surface area contributed by atoms with Crippen LogP contribution in [-0.2, 0) is 23.9 Å². The Morgan fingerprint density at radius 2 is 0.727 bits per heavy atom. The smallest absolute Gasteiger partial charge is 0.0478 e. The Balaban J connectivity index is 1.03. The normalized spacial score (nSPS) is 16.3. The van der Waals surface area contributed by atoms with Crippen LogP contribution in [-0.4, -0.2) is 0 Å². The SMILES string of the molecule is C=C1N(Cc2ccc(-c3ccc(-c4ccc(CN5C(=C)C(C)(C)c6ccccc65)cc4)cc3)cc2)c2ccccc2C1(C)C. The number of anilines is 2. The van der Waals surface area contributed by atoms with Gasteiger partial charge < -0.3 is 9.80 Å². The van der Waals surface area contributed by atoms with E-state index in [1.807, 2.05) is 0 Å². The van der Waals surface area contributed by atoms with Gasteiger partial charge in [0.25, 0.3) is 0 Å². The Labute approximate surface area is 262 Å². The zero-order chi connectivity index (χ0) is 30.6. The number of hydrogen-bond acceptors (Lipinski definition) is 2. The van der Waals surface area contributed by atoms with Crippen molar-refractivity contribution in [3.8, 4) is 22.3 Å². The summed E-state index contributed by atoms with van der Waals surface area (Å²) in [4.78, 5) is 4.73. The van der Waals surface area contributed by atoms with Crippen LogP contribution in [0, 0.1) is 0 Å². The molecule has 44 heavy (non-hydrogen) atoms. The number of hydrogen-bond donors (Lipinski definition) is 0. The Kier molecular flexibility index (Phi) is 6.62. The maximum atomic E-state index is 4.46. The van der Waals surface area contributed by atoms with E-state index in [1.54, 1.807) is 0 Å². The first kappa shape index (κ1) is 28.0. The van der Waals surface area contributed by atoms with Crippen molar-refractivity contribution < 1.29 is 0 Å². The van der Waals surface area contributed by atoms with E-state index in [0.29, 0.717) is 0 Å². The number of para-hydroxylation sites is 2. The minimum Gasteiger partial charge on any atom is -0.340 e. The Morgan fingerprint density at radius 3 is 1.07 bits per heavy atom. The summed E-state index contributed by atoms with van der Waals surface area (Å²) in [6.45, 7) is 19.6. The molecule has 0 amide bonds. The molecule has 218 valence electrons. The second-order valence-electron chi connectivity index (χ2n) is 13.3. The van der Waals surface area contributed by atoms with Crippen LogP contribution in [0.3, 0.4) is 0 Å². The van der Waals surface area contributed by atoms with E-state index in [0.717, 1.165) is 24.5 Å². The summed E-state index contributed by atoms with van der Waals surface area (Å²) in [6, 6.07) is 44.2. The van der Waals surface area contributed by atoms with Crippen molar-refractivity contribution in [1.29, 1.82) is 0 Å². The molecule has 5 aromatic rings. The number of allylic oxidation sites excluding steroid dienone is 2. The van der Waals surface area contributed by atoms with Crippen LogP contribution in [0.15, 0.2) is 146 Å². The molecular weight excluding hydrogens is 532 g/mol. The van der Waals surface area contributed by atoms with Crippen LogP contribution < -0.4 is 9.80 Å². The molecule has 2 aliphatic rings. The van der Waals surface area contributed by atoms with E-state index in [9.17, 15) is 0 Å². The van der Waals surface area contributed by atoms with E-state index >= 15 is 0 Å². The van der Waals surface area contributed by atoms with Gasteiger partial charge in [-0.2, -0.15) is 0 Å². The van der Waals surface area contributed by atoms with Gasteiger partial charge in [-0.25, -0.2) is 0 Å². The van der Waals surface area contributed by atoms with Crippen molar-refractivity contribution in [3.63, 3.8) is 0 Å². The lowest BCUT2D eigenvalue weighted by Gasteiger charge is -2.26. The van der Waals surface area contributed by atoms with Crippen LogP contribution in [0.25, 0.3) is 22.3 Å². The highest BCUT2D eigenvalue weighted by Crippen LogP contribution is 2.48. The van der Waals surface area contributed by atoms with Gasteiger partial charge >= 0.3 is 0 Å². The lowest BCUT2D eigenvalue weighted by Crippen LogP contribution is -2.24. The quantitative estimate of drug-likeness (QED) is 0.200. The topological polar surface area (TPSA) is 6.48 Å². The highest BCUT2D eigenvalue weighted by Gasteiger charge is 2.39. The van der Waals surface area contributed by atoms with E-state index in [2.05, 4.69) is 172 Å². The minimum atomic E-state index is -0.0506. The second kappa shape index (κ2) is 10.4. The first-order valence-electron chi connectivity index (χ1n) is 15.6. The number of benzene rings is 5. The lowest BCUT2D eigenvalue weighted by molar-refractivity contribution is 0.633. The van der Waals surface area contributed by atoms with Gasteiger partial charge in [0.15, 0.2) is 0 Å². The third-order valence-electron chi connectivity index (χ3n) is 9.97. The summed E-state index contributed by atoms with van der Waals surface area (Å²) in [7, 11) is 0. The fraction of sp³-hybridized carbons (Fsp3) is 0.190. The summed E-state index contributed by atoms with van der Waals surface area (Å²) in [5.74, 6) is 0. The Bertz CT molecular complexity index is 1730. The highest BCUT2D eigenvalue weighted by molar-refractivity contribution is 5.73. The summed E-state index contributed by atoms with van der Waals surface area (Å²) >= 11 is 0. The largest absolute Gasteiger partial charge is 0.340 e. The lowest BCUT2D eigenvalue weighted by atomic mass is 9.84. The van der Waals surface area contributed by atoms with Crippen molar-refractivity contribution in [2.45, 2.75) is 51.6 Å². The standard InChI is InChI=1S/C42H40N2/c1-29-41(3,4)37-11-7-9-13-39(37)43(29)27-31-15-19-33(20-16-31)35-23-25-36(26-24-35)34-21-17-32(18-22-34)28-44-30(2)42(5,6)38-12-8-10-14-40(38)44/h7-26H,1-2,27-28H2,3-6H3. The molecule has 0 spiro atoms. The molecule has 2 heteroatoms. The number of fused-ring (bicyclic) bond motifs is 2. The van der Waals surface area contributed by atoms with Crippen molar-refractivity contribution in [3.05, 3.63) is 168 Å². The fourth-order valence-corrected chi connectivity index (χ4v) is 6.94. The van der Waals surface area contributed by atoms with E-state index in [-0.39, 0.29) is 10.8 Å². The van der Waals surface area contributed by atoms with Gasteiger partial charge in [-0.05, 0) is 56.6 Å². The number of rotatable bonds is 6. The molecular formula is C42H40N2. The molecule has 0 saturated carbocycles. The molecule has 7 rings (SSSR count). The van der Waals surface area contributed by atoms with Crippen LogP contribution in [0.5, 0.6) is 0 Å². The predicted octanol–water partition coefficient (Wildman–Crippen LogP) is 10.6. The van der Waals surface area contributed by atoms with Gasteiger partial charge in [-0.3, -0.25) is 0 Å².